The zero-order chi connectivity index (χ0) is 21.3. The first-order valence-electron chi connectivity index (χ1n) is 11.1. The monoisotopic (exact) mass is 410 g/mol. The summed E-state index contributed by atoms with van der Waals surface area (Å²) < 4.78 is 6.30. The highest BCUT2D eigenvalue weighted by molar-refractivity contribution is 5.86. The van der Waals surface area contributed by atoms with Crippen LogP contribution in [0.25, 0.3) is 10.9 Å². The van der Waals surface area contributed by atoms with E-state index in [1.807, 2.05) is 30.3 Å². The minimum atomic E-state index is 0.558. The van der Waals surface area contributed by atoms with Gasteiger partial charge < -0.3 is 10.1 Å². The first kappa shape index (κ1) is 21.1. The van der Waals surface area contributed by atoms with Crippen LogP contribution in [0.3, 0.4) is 0 Å². The van der Waals surface area contributed by atoms with Crippen molar-refractivity contribution >= 4 is 10.9 Å². The van der Waals surface area contributed by atoms with Gasteiger partial charge in [0.1, 0.15) is 12.4 Å². The van der Waals surface area contributed by atoms with Crippen molar-refractivity contribution in [2.24, 2.45) is 0 Å². The first-order valence-corrected chi connectivity index (χ1v) is 11.1. The molecule has 31 heavy (non-hydrogen) atoms. The Morgan fingerprint density at radius 1 is 0.774 bits per heavy atom. The maximum Gasteiger partial charge on any atom is 0.133 e. The van der Waals surface area contributed by atoms with Crippen LogP contribution in [0.1, 0.15) is 35.2 Å². The Morgan fingerprint density at radius 3 is 2.23 bits per heavy atom. The van der Waals surface area contributed by atoms with E-state index in [-0.39, 0.29) is 0 Å². The van der Waals surface area contributed by atoms with Crippen molar-refractivity contribution in [3.05, 3.63) is 107 Å². The van der Waals surface area contributed by atoms with E-state index in [1.165, 1.54) is 17.5 Å². The quantitative estimate of drug-likeness (QED) is 0.315. The third-order valence-corrected chi connectivity index (χ3v) is 5.61. The normalized spacial score (nSPS) is 11.0. The van der Waals surface area contributed by atoms with Gasteiger partial charge in [0.2, 0.25) is 0 Å². The second kappa shape index (κ2) is 10.7. The van der Waals surface area contributed by atoms with E-state index >= 15 is 0 Å². The number of para-hydroxylation sites is 1. The van der Waals surface area contributed by atoms with Crippen LogP contribution in [-0.4, -0.2) is 11.5 Å². The van der Waals surface area contributed by atoms with Crippen molar-refractivity contribution in [1.29, 1.82) is 0 Å². The molecule has 3 heteroatoms. The molecule has 4 rings (SSSR count). The maximum atomic E-state index is 6.30. The van der Waals surface area contributed by atoms with E-state index < -0.39 is 0 Å². The number of nitrogens with zero attached hydrogens (tertiary/aromatic N) is 1. The summed E-state index contributed by atoms with van der Waals surface area (Å²) in [5.41, 5.74) is 5.74. The van der Waals surface area contributed by atoms with Crippen LogP contribution >= 0.6 is 0 Å². The molecule has 0 amide bonds. The summed E-state index contributed by atoms with van der Waals surface area (Å²) in [4.78, 5) is 4.91. The van der Waals surface area contributed by atoms with Gasteiger partial charge in [0.25, 0.3) is 0 Å². The van der Waals surface area contributed by atoms with E-state index in [0.29, 0.717) is 6.61 Å². The summed E-state index contributed by atoms with van der Waals surface area (Å²) in [6.07, 6.45) is 3.47. The SMILES string of the molecule is Cc1c(CNCCCCc2ccccc2)nc2ccccc2c1OCc1ccccc1. The fourth-order valence-electron chi connectivity index (χ4n) is 3.84. The van der Waals surface area contributed by atoms with Crippen LogP contribution in [0.5, 0.6) is 5.75 Å². The molecule has 0 spiro atoms. The lowest BCUT2D eigenvalue weighted by Crippen LogP contribution is -2.17. The van der Waals surface area contributed by atoms with Crippen molar-refractivity contribution < 1.29 is 4.74 Å². The lowest BCUT2D eigenvalue weighted by molar-refractivity contribution is 0.307. The number of fused-ring (bicyclic) bond motifs is 1. The molecule has 0 saturated carbocycles. The Bertz CT molecular complexity index is 1090. The fraction of sp³-hybridized carbons (Fsp3) is 0.250. The molecule has 1 N–H and O–H groups in total. The fourth-order valence-corrected chi connectivity index (χ4v) is 3.84. The van der Waals surface area contributed by atoms with Crippen LogP contribution in [0.15, 0.2) is 84.9 Å². The van der Waals surface area contributed by atoms with Crippen LogP contribution in [0.2, 0.25) is 0 Å². The summed E-state index contributed by atoms with van der Waals surface area (Å²) in [5.74, 6) is 0.940. The number of aromatic nitrogens is 1. The predicted octanol–water partition coefficient (Wildman–Crippen LogP) is 6.23. The smallest absolute Gasteiger partial charge is 0.133 e. The minimum Gasteiger partial charge on any atom is -0.488 e. The molecule has 1 aromatic heterocycles. The van der Waals surface area contributed by atoms with Gasteiger partial charge in [0.05, 0.1) is 11.2 Å². The summed E-state index contributed by atoms with van der Waals surface area (Å²) in [7, 11) is 0. The Balaban J connectivity index is 1.38. The van der Waals surface area contributed by atoms with E-state index in [9.17, 15) is 0 Å². The van der Waals surface area contributed by atoms with Gasteiger partial charge in [-0.15, -0.1) is 0 Å². The molecule has 4 aromatic rings. The minimum absolute atomic E-state index is 0.558. The van der Waals surface area contributed by atoms with Gasteiger partial charge in [-0.05, 0) is 56.0 Å². The number of aryl methyl sites for hydroxylation is 1. The molecule has 0 aliphatic rings. The standard InChI is InChI=1S/C28H30N2O/c1-22-27(20-29-19-11-10-14-23-12-4-2-5-13-23)30-26-18-9-8-17-25(26)28(22)31-21-24-15-6-3-7-16-24/h2-9,12-13,15-18,29H,10-11,14,19-21H2,1H3. The van der Waals surface area contributed by atoms with Gasteiger partial charge in [-0.3, -0.25) is 4.98 Å². The molecule has 3 aromatic carbocycles. The largest absolute Gasteiger partial charge is 0.488 e. The third-order valence-electron chi connectivity index (χ3n) is 5.61. The molecule has 0 aliphatic heterocycles. The molecule has 0 aliphatic carbocycles. The number of hydrogen-bond acceptors (Lipinski definition) is 3. The topological polar surface area (TPSA) is 34.2 Å². The third kappa shape index (κ3) is 5.71. The highest BCUT2D eigenvalue weighted by atomic mass is 16.5. The number of ether oxygens (including phenoxy) is 1. The Hall–Kier alpha value is -3.17. The Morgan fingerprint density at radius 2 is 1.45 bits per heavy atom. The predicted molar refractivity (Wildman–Crippen MR) is 128 cm³/mol. The molecule has 0 unspecified atom stereocenters. The molecule has 0 atom stereocenters. The number of benzene rings is 3. The average Bonchev–Trinajstić information content (AvgIpc) is 2.82. The molecule has 158 valence electrons. The lowest BCUT2D eigenvalue weighted by Gasteiger charge is -2.16. The van der Waals surface area contributed by atoms with E-state index in [4.69, 9.17) is 9.72 Å². The summed E-state index contributed by atoms with van der Waals surface area (Å²) in [6.45, 7) is 4.42. The van der Waals surface area contributed by atoms with Gasteiger partial charge >= 0.3 is 0 Å². The Labute approximate surface area is 185 Å². The Kier molecular flexibility index (Phi) is 7.30. The van der Waals surface area contributed by atoms with E-state index in [0.717, 1.165) is 53.8 Å². The number of pyridine rings is 1. The van der Waals surface area contributed by atoms with E-state index in [2.05, 4.69) is 66.8 Å². The number of hydrogen-bond donors (Lipinski definition) is 1. The highest BCUT2D eigenvalue weighted by Gasteiger charge is 2.13. The van der Waals surface area contributed by atoms with Crippen LogP contribution in [0.4, 0.5) is 0 Å². The summed E-state index contributed by atoms with van der Waals surface area (Å²) in [6, 6.07) is 29.2. The van der Waals surface area contributed by atoms with Gasteiger partial charge in [-0.25, -0.2) is 0 Å². The van der Waals surface area contributed by atoms with Crippen LogP contribution in [-0.2, 0) is 19.6 Å². The van der Waals surface area contributed by atoms with Crippen molar-refractivity contribution in [2.45, 2.75) is 39.3 Å². The zero-order valence-corrected chi connectivity index (χ0v) is 18.2. The number of rotatable bonds is 10. The molecular formula is C28H30N2O. The lowest BCUT2D eigenvalue weighted by atomic mass is 10.1. The molecule has 0 saturated heterocycles. The molecule has 0 bridgehead atoms. The molecule has 3 nitrogen and oxygen atoms in total. The number of nitrogens with one attached hydrogen (secondary N) is 1. The number of unbranched alkanes of at least 4 members (excludes halogenated alkanes) is 1. The highest BCUT2D eigenvalue weighted by Crippen LogP contribution is 2.31. The van der Waals surface area contributed by atoms with Crippen molar-refractivity contribution in [3.8, 4) is 5.75 Å². The van der Waals surface area contributed by atoms with Gasteiger partial charge in [0.15, 0.2) is 0 Å². The summed E-state index contributed by atoms with van der Waals surface area (Å²) in [5, 5.41) is 4.65. The van der Waals surface area contributed by atoms with Gasteiger partial charge in [-0.2, -0.15) is 0 Å². The summed E-state index contributed by atoms with van der Waals surface area (Å²) >= 11 is 0. The molecule has 0 fully saturated rings. The second-order valence-corrected chi connectivity index (χ2v) is 7.92. The van der Waals surface area contributed by atoms with Crippen molar-refractivity contribution in [2.75, 3.05) is 6.54 Å². The van der Waals surface area contributed by atoms with Crippen molar-refractivity contribution in [3.63, 3.8) is 0 Å². The first-order chi connectivity index (χ1) is 15.3. The van der Waals surface area contributed by atoms with Gasteiger partial charge in [0, 0.05) is 17.5 Å². The average molecular weight is 411 g/mol. The van der Waals surface area contributed by atoms with Crippen molar-refractivity contribution in [1.82, 2.24) is 10.3 Å². The zero-order valence-electron chi connectivity index (χ0n) is 18.2. The molecule has 1 heterocycles. The molecule has 0 radical (unpaired) electrons. The van der Waals surface area contributed by atoms with Gasteiger partial charge in [-0.1, -0.05) is 72.8 Å². The van der Waals surface area contributed by atoms with E-state index in [1.54, 1.807) is 0 Å². The second-order valence-electron chi connectivity index (χ2n) is 7.92. The van der Waals surface area contributed by atoms with Crippen LogP contribution < -0.4 is 10.1 Å². The maximum absolute atomic E-state index is 6.30. The van der Waals surface area contributed by atoms with Crippen LogP contribution in [0, 0.1) is 6.92 Å². The molecular weight excluding hydrogens is 380 g/mol.